The number of aliphatic hydroxyl groups is 1. The van der Waals surface area contributed by atoms with Crippen molar-refractivity contribution in [3.05, 3.63) is 36.0 Å². The molecule has 0 bridgehead atoms. The van der Waals surface area contributed by atoms with E-state index in [4.69, 9.17) is 0 Å². The number of pyridine rings is 1. The number of nitrogens with one attached hydrogen (secondary N) is 1. The van der Waals surface area contributed by atoms with Gasteiger partial charge in [-0.25, -0.2) is 0 Å². The van der Waals surface area contributed by atoms with Gasteiger partial charge in [0.25, 0.3) is 0 Å². The minimum absolute atomic E-state index is 0.0445. The fraction of sp³-hybridized carbons (Fsp3) is 0.412. The van der Waals surface area contributed by atoms with Crippen molar-refractivity contribution >= 4 is 16.6 Å². The summed E-state index contributed by atoms with van der Waals surface area (Å²) in [7, 11) is 0. The Labute approximate surface area is 124 Å². The van der Waals surface area contributed by atoms with E-state index in [0.717, 1.165) is 29.4 Å². The molecular weight excluding hydrogens is 262 g/mol. The second-order valence-electron chi connectivity index (χ2n) is 5.89. The summed E-state index contributed by atoms with van der Waals surface area (Å²) in [6, 6.07) is 10.0. The van der Waals surface area contributed by atoms with Gasteiger partial charge in [0, 0.05) is 23.5 Å². The molecule has 0 unspecified atom stereocenters. The Kier molecular flexibility index (Phi) is 3.76. The van der Waals surface area contributed by atoms with Gasteiger partial charge in [-0.2, -0.15) is 5.26 Å². The van der Waals surface area contributed by atoms with Crippen LogP contribution in [-0.2, 0) is 0 Å². The van der Waals surface area contributed by atoms with Crippen LogP contribution in [0.1, 0.15) is 31.2 Å². The molecule has 2 N–H and O–H groups in total. The van der Waals surface area contributed by atoms with Gasteiger partial charge in [-0.15, -0.1) is 0 Å². The standard InChI is InChI=1S/C17H19N3O/c18-9-13-10-19-15-6-2-1-5-14(15)16(13)20-11-17(12-21)7-3-4-8-17/h1-2,5-6,10,21H,3-4,7-8,11-12H2,(H,19,20). The van der Waals surface area contributed by atoms with Crippen molar-refractivity contribution in [3.63, 3.8) is 0 Å². The average Bonchev–Trinajstić information content (AvgIpc) is 3.02. The summed E-state index contributed by atoms with van der Waals surface area (Å²) in [5.41, 5.74) is 2.22. The maximum absolute atomic E-state index is 9.72. The van der Waals surface area contributed by atoms with E-state index in [1.54, 1.807) is 6.20 Å². The van der Waals surface area contributed by atoms with E-state index >= 15 is 0 Å². The monoisotopic (exact) mass is 281 g/mol. The lowest BCUT2D eigenvalue weighted by Gasteiger charge is -2.27. The fourth-order valence-corrected chi connectivity index (χ4v) is 3.21. The van der Waals surface area contributed by atoms with Crippen LogP contribution in [0, 0.1) is 16.7 Å². The lowest BCUT2D eigenvalue weighted by Crippen LogP contribution is -2.30. The van der Waals surface area contributed by atoms with Crippen molar-refractivity contribution in [2.45, 2.75) is 25.7 Å². The van der Waals surface area contributed by atoms with Crippen LogP contribution in [0.4, 0.5) is 5.69 Å². The molecular formula is C17H19N3O. The van der Waals surface area contributed by atoms with Crippen LogP contribution >= 0.6 is 0 Å². The first kappa shape index (κ1) is 13.8. The van der Waals surface area contributed by atoms with E-state index in [2.05, 4.69) is 16.4 Å². The molecule has 0 spiro atoms. The molecule has 1 heterocycles. The molecule has 1 aromatic carbocycles. The number of fused-ring (bicyclic) bond motifs is 1. The zero-order chi connectivity index (χ0) is 14.7. The molecule has 3 rings (SSSR count). The summed E-state index contributed by atoms with van der Waals surface area (Å²) in [4.78, 5) is 4.32. The van der Waals surface area contributed by atoms with Gasteiger partial charge in [0.15, 0.2) is 0 Å². The third kappa shape index (κ3) is 2.57. The van der Waals surface area contributed by atoms with E-state index in [1.165, 1.54) is 12.8 Å². The Bertz CT molecular complexity index is 684. The fourth-order valence-electron chi connectivity index (χ4n) is 3.21. The van der Waals surface area contributed by atoms with Crippen molar-refractivity contribution < 1.29 is 5.11 Å². The SMILES string of the molecule is N#Cc1cnc2ccccc2c1NCC1(CO)CCCC1. The number of anilines is 1. The van der Waals surface area contributed by atoms with Gasteiger partial charge in [0.05, 0.1) is 23.4 Å². The lowest BCUT2D eigenvalue weighted by molar-refractivity contribution is 0.142. The van der Waals surface area contributed by atoms with Gasteiger partial charge >= 0.3 is 0 Å². The number of nitrogens with zero attached hydrogens (tertiary/aromatic N) is 2. The molecule has 1 aliphatic rings. The molecule has 4 nitrogen and oxygen atoms in total. The van der Waals surface area contributed by atoms with Crippen LogP contribution in [0.15, 0.2) is 30.5 Å². The summed E-state index contributed by atoms with van der Waals surface area (Å²) in [5.74, 6) is 0. The molecule has 0 atom stereocenters. The second-order valence-corrected chi connectivity index (χ2v) is 5.89. The molecule has 0 aliphatic heterocycles. The molecule has 108 valence electrons. The topological polar surface area (TPSA) is 68.9 Å². The summed E-state index contributed by atoms with van der Waals surface area (Å²) in [6.07, 6.45) is 6.04. The predicted octanol–water partition coefficient (Wildman–Crippen LogP) is 3.07. The Hall–Kier alpha value is -2.12. The minimum atomic E-state index is -0.0445. The number of hydrogen-bond donors (Lipinski definition) is 2. The van der Waals surface area contributed by atoms with Crippen LogP contribution in [0.25, 0.3) is 10.9 Å². The highest BCUT2D eigenvalue weighted by Crippen LogP contribution is 2.38. The first-order chi connectivity index (χ1) is 10.3. The molecule has 2 aromatic rings. The third-order valence-corrected chi connectivity index (χ3v) is 4.54. The van der Waals surface area contributed by atoms with E-state index in [0.29, 0.717) is 12.1 Å². The summed E-state index contributed by atoms with van der Waals surface area (Å²) < 4.78 is 0. The first-order valence-electron chi connectivity index (χ1n) is 7.41. The van der Waals surface area contributed by atoms with Gasteiger partial charge in [0.1, 0.15) is 6.07 Å². The number of hydrogen-bond acceptors (Lipinski definition) is 4. The number of benzene rings is 1. The summed E-state index contributed by atoms with van der Waals surface area (Å²) in [5, 5.41) is 23.4. The number of aliphatic hydroxyl groups excluding tert-OH is 1. The van der Waals surface area contributed by atoms with Crippen molar-refractivity contribution in [2.75, 3.05) is 18.5 Å². The quantitative estimate of drug-likeness (QED) is 0.903. The van der Waals surface area contributed by atoms with Gasteiger partial charge in [0.2, 0.25) is 0 Å². The van der Waals surface area contributed by atoms with Crippen LogP contribution in [0.2, 0.25) is 0 Å². The smallest absolute Gasteiger partial charge is 0.103 e. The van der Waals surface area contributed by atoms with Crippen molar-refractivity contribution in [2.24, 2.45) is 5.41 Å². The van der Waals surface area contributed by atoms with Crippen molar-refractivity contribution in [1.29, 1.82) is 5.26 Å². The van der Waals surface area contributed by atoms with Gasteiger partial charge in [-0.05, 0) is 18.9 Å². The number of nitriles is 1. The summed E-state index contributed by atoms with van der Waals surface area (Å²) in [6.45, 7) is 0.900. The number of para-hydroxylation sites is 1. The zero-order valence-electron chi connectivity index (χ0n) is 12.0. The molecule has 0 radical (unpaired) electrons. The highest BCUT2D eigenvalue weighted by atomic mass is 16.3. The van der Waals surface area contributed by atoms with Gasteiger partial charge < -0.3 is 10.4 Å². The van der Waals surface area contributed by atoms with E-state index in [-0.39, 0.29) is 12.0 Å². The molecule has 1 aromatic heterocycles. The van der Waals surface area contributed by atoms with Crippen LogP contribution in [0.5, 0.6) is 0 Å². The Morgan fingerprint density at radius 3 is 2.76 bits per heavy atom. The van der Waals surface area contributed by atoms with E-state index in [9.17, 15) is 10.4 Å². The highest BCUT2D eigenvalue weighted by molar-refractivity contribution is 5.93. The number of rotatable bonds is 4. The third-order valence-electron chi connectivity index (χ3n) is 4.54. The molecule has 1 aliphatic carbocycles. The molecule has 0 amide bonds. The van der Waals surface area contributed by atoms with Crippen molar-refractivity contribution in [3.8, 4) is 6.07 Å². The van der Waals surface area contributed by atoms with Gasteiger partial charge in [-0.3, -0.25) is 4.98 Å². The van der Waals surface area contributed by atoms with Crippen LogP contribution in [-0.4, -0.2) is 23.2 Å². The number of aromatic nitrogens is 1. The molecule has 21 heavy (non-hydrogen) atoms. The molecule has 1 fully saturated rings. The highest BCUT2D eigenvalue weighted by Gasteiger charge is 2.33. The Balaban J connectivity index is 1.94. The molecule has 4 heteroatoms. The summed E-state index contributed by atoms with van der Waals surface area (Å²) >= 11 is 0. The zero-order valence-corrected chi connectivity index (χ0v) is 12.0. The normalized spacial score (nSPS) is 16.8. The minimum Gasteiger partial charge on any atom is -0.396 e. The largest absolute Gasteiger partial charge is 0.396 e. The van der Waals surface area contributed by atoms with E-state index < -0.39 is 0 Å². The average molecular weight is 281 g/mol. The van der Waals surface area contributed by atoms with Crippen LogP contribution < -0.4 is 5.32 Å². The Morgan fingerprint density at radius 1 is 1.29 bits per heavy atom. The van der Waals surface area contributed by atoms with E-state index in [1.807, 2.05) is 24.3 Å². The lowest BCUT2D eigenvalue weighted by atomic mass is 9.87. The molecule has 1 saturated carbocycles. The Morgan fingerprint density at radius 2 is 2.05 bits per heavy atom. The predicted molar refractivity (Wildman–Crippen MR) is 82.9 cm³/mol. The van der Waals surface area contributed by atoms with Crippen molar-refractivity contribution in [1.82, 2.24) is 4.98 Å². The molecule has 0 saturated heterocycles. The maximum Gasteiger partial charge on any atom is 0.103 e. The first-order valence-corrected chi connectivity index (χ1v) is 7.41. The van der Waals surface area contributed by atoms with Gasteiger partial charge in [-0.1, -0.05) is 31.0 Å². The second kappa shape index (κ2) is 5.71. The van der Waals surface area contributed by atoms with Crippen LogP contribution in [0.3, 0.4) is 0 Å². The maximum atomic E-state index is 9.72.